The summed E-state index contributed by atoms with van der Waals surface area (Å²) in [5.41, 5.74) is 3.06. The van der Waals surface area contributed by atoms with E-state index in [-0.39, 0.29) is 27.4 Å². The lowest BCUT2D eigenvalue weighted by atomic mass is 9.94. The number of aromatic nitrogens is 1. The van der Waals surface area contributed by atoms with Gasteiger partial charge in [-0.3, -0.25) is 14.5 Å². The number of ether oxygens (including phenoxy) is 3. The van der Waals surface area contributed by atoms with Crippen LogP contribution in [0.4, 0.5) is 5.13 Å². The van der Waals surface area contributed by atoms with Gasteiger partial charge in [-0.25, -0.2) is 9.78 Å². The number of nitrogens with zero attached hydrogens (tertiary/aromatic N) is 2. The number of rotatable bonds is 7. The fraction of sp³-hybridized carbons (Fsp3) is 0.212. The number of thiazole rings is 1. The fourth-order valence-corrected chi connectivity index (χ4v) is 6.36. The average Bonchev–Trinajstić information content (AvgIpc) is 3.67. The second-order valence-corrected chi connectivity index (χ2v) is 11.4. The lowest BCUT2D eigenvalue weighted by molar-refractivity contribution is -0.132. The minimum absolute atomic E-state index is 0.00579. The van der Waals surface area contributed by atoms with Crippen LogP contribution in [-0.4, -0.2) is 41.0 Å². The lowest BCUT2D eigenvalue weighted by Gasteiger charge is -2.23. The van der Waals surface area contributed by atoms with Gasteiger partial charge in [-0.05, 0) is 60.9 Å². The molecule has 1 saturated heterocycles. The van der Waals surface area contributed by atoms with Crippen LogP contribution in [0.5, 0.6) is 11.5 Å². The molecule has 3 heterocycles. The number of carbonyl (C=O) groups is 3. The smallest absolute Gasteiger partial charge is 0.350 e. The Morgan fingerprint density at radius 2 is 1.88 bits per heavy atom. The summed E-state index contributed by atoms with van der Waals surface area (Å²) in [7, 11) is 1.26. The summed E-state index contributed by atoms with van der Waals surface area (Å²) < 4.78 is 16.7. The highest BCUT2D eigenvalue weighted by molar-refractivity contribution is 7.17. The van der Waals surface area contributed by atoms with Gasteiger partial charge in [0.25, 0.3) is 5.78 Å². The number of methoxy groups -OCH3 is 1. The van der Waals surface area contributed by atoms with Gasteiger partial charge < -0.3 is 19.3 Å². The fourth-order valence-electron chi connectivity index (χ4n) is 5.35. The van der Waals surface area contributed by atoms with Crippen LogP contribution in [0.15, 0.2) is 78.4 Å². The Balaban J connectivity index is 1.46. The van der Waals surface area contributed by atoms with Gasteiger partial charge in [0.05, 0.1) is 24.4 Å². The number of anilines is 1. The summed E-state index contributed by atoms with van der Waals surface area (Å²) in [5, 5.41) is 11.8. The largest absolute Gasteiger partial charge is 0.507 e. The summed E-state index contributed by atoms with van der Waals surface area (Å²) >= 11 is 0.947. The van der Waals surface area contributed by atoms with E-state index in [0.717, 1.165) is 28.2 Å². The Morgan fingerprint density at radius 3 is 2.65 bits per heavy atom. The molecule has 4 aromatic rings. The third kappa shape index (κ3) is 5.25. The standard InChI is InChI=1S/C33H28N2O7S/c1-18-14-23-15-22(12-13-25(23)42-18)28(36)26-27(21-10-7-11-24(16-21)41-17-20-8-5-4-6-9-20)35(31(38)29(26)37)33-34-19(2)30(43-33)32(39)40-3/h4-13,15-16,18,27,36H,14,17H2,1-3H3/t18-,27+/m1/s1. The van der Waals surface area contributed by atoms with Crippen molar-refractivity contribution in [2.45, 2.75) is 39.0 Å². The first kappa shape index (κ1) is 28.2. The minimum atomic E-state index is -1.04. The molecule has 0 aliphatic carbocycles. The van der Waals surface area contributed by atoms with Crippen molar-refractivity contribution in [1.82, 2.24) is 4.98 Å². The first-order valence-electron chi connectivity index (χ1n) is 13.7. The summed E-state index contributed by atoms with van der Waals surface area (Å²) in [4.78, 5) is 45.6. The molecule has 1 fully saturated rings. The van der Waals surface area contributed by atoms with E-state index in [1.807, 2.05) is 37.3 Å². The molecule has 2 aliphatic rings. The number of benzene rings is 3. The Bertz CT molecular complexity index is 1780. The third-order valence-corrected chi connectivity index (χ3v) is 8.53. The van der Waals surface area contributed by atoms with Crippen LogP contribution >= 0.6 is 11.3 Å². The van der Waals surface area contributed by atoms with Gasteiger partial charge in [-0.15, -0.1) is 0 Å². The summed E-state index contributed by atoms with van der Waals surface area (Å²) in [6.07, 6.45) is 0.651. The second-order valence-electron chi connectivity index (χ2n) is 10.4. The number of fused-ring (bicyclic) bond motifs is 1. The van der Waals surface area contributed by atoms with Gasteiger partial charge in [0, 0.05) is 12.0 Å². The molecule has 0 radical (unpaired) electrons. The summed E-state index contributed by atoms with van der Waals surface area (Å²) in [5.74, 6) is -1.41. The van der Waals surface area contributed by atoms with E-state index >= 15 is 0 Å². The van der Waals surface area contributed by atoms with E-state index in [0.29, 0.717) is 35.6 Å². The molecule has 1 amide bonds. The normalized spacial score (nSPS) is 18.8. The molecule has 2 aliphatic heterocycles. The number of carbonyl (C=O) groups excluding carboxylic acids is 3. The van der Waals surface area contributed by atoms with E-state index in [2.05, 4.69) is 4.98 Å². The summed E-state index contributed by atoms with van der Waals surface area (Å²) in [6, 6.07) is 20.9. The van der Waals surface area contributed by atoms with Crippen molar-refractivity contribution in [3.63, 3.8) is 0 Å². The molecule has 3 aromatic carbocycles. The van der Waals surface area contributed by atoms with E-state index < -0.39 is 23.7 Å². The number of Topliss-reactive ketones (excluding diaryl/α,β-unsaturated/α-hetero) is 1. The highest BCUT2D eigenvalue weighted by Crippen LogP contribution is 2.45. The van der Waals surface area contributed by atoms with E-state index in [4.69, 9.17) is 14.2 Å². The average molecular weight is 597 g/mol. The molecule has 218 valence electrons. The van der Waals surface area contributed by atoms with Crippen molar-refractivity contribution >= 4 is 39.9 Å². The quantitative estimate of drug-likeness (QED) is 0.124. The minimum Gasteiger partial charge on any atom is -0.507 e. The summed E-state index contributed by atoms with van der Waals surface area (Å²) in [6.45, 7) is 3.90. The van der Waals surface area contributed by atoms with Crippen LogP contribution < -0.4 is 14.4 Å². The predicted octanol–water partition coefficient (Wildman–Crippen LogP) is 5.77. The van der Waals surface area contributed by atoms with Gasteiger partial charge in [0.2, 0.25) is 0 Å². The Hall–Kier alpha value is -4.96. The molecule has 9 nitrogen and oxygen atoms in total. The van der Waals surface area contributed by atoms with Crippen molar-refractivity contribution in [2.24, 2.45) is 0 Å². The first-order chi connectivity index (χ1) is 20.7. The molecule has 0 unspecified atom stereocenters. The molecule has 6 rings (SSSR count). The Labute approximate surface area is 252 Å². The monoisotopic (exact) mass is 596 g/mol. The molecule has 10 heteroatoms. The molecular weight excluding hydrogens is 568 g/mol. The van der Waals surface area contributed by atoms with E-state index in [1.54, 1.807) is 49.4 Å². The van der Waals surface area contributed by atoms with Crippen LogP contribution in [-0.2, 0) is 27.4 Å². The maximum absolute atomic E-state index is 13.7. The molecule has 0 spiro atoms. The van der Waals surface area contributed by atoms with Gasteiger partial charge >= 0.3 is 11.9 Å². The number of esters is 1. The van der Waals surface area contributed by atoms with Crippen molar-refractivity contribution in [2.75, 3.05) is 12.0 Å². The molecule has 2 atom stereocenters. The SMILES string of the molecule is COC(=O)c1sc(N2C(=O)C(=O)C(=C(O)c3ccc4c(c3)C[C@@H](C)O4)[C@@H]2c2cccc(OCc3ccccc3)c2)nc1C. The predicted molar refractivity (Wildman–Crippen MR) is 160 cm³/mol. The number of hydrogen-bond acceptors (Lipinski definition) is 9. The number of aliphatic hydroxyl groups excluding tert-OH is 1. The number of ketones is 1. The molecule has 1 aromatic heterocycles. The van der Waals surface area contributed by atoms with Gasteiger partial charge in [-0.1, -0.05) is 53.8 Å². The number of hydrogen-bond donors (Lipinski definition) is 1. The molecule has 0 bridgehead atoms. The van der Waals surface area contributed by atoms with Crippen LogP contribution in [0.1, 0.15) is 50.6 Å². The molecule has 0 saturated carbocycles. The van der Waals surface area contributed by atoms with Crippen LogP contribution in [0.2, 0.25) is 0 Å². The van der Waals surface area contributed by atoms with Crippen LogP contribution in [0.3, 0.4) is 0 Å². The van der Waals surface area contributed by atoms with Gasteiger partial charge in [-0.2, -0.15) is 0 Å². The topological polar surface area (TPSA) is 115 Å². The van der Waals surface area contributed by atoms with Gasteiger partial charge in [0.15, 0.2) is 5.13 Å². The van der Waals surface area contributed by atoms with Crippen molar-refractivity contribution in [3.05, 3.63) is 111 Å². The second kappa shape index (κ2) is 11.4. The van der Waals surface area contributed by atoms with Crippen LogP contribution in [0.25, 0.3) is 5.76 Å². The molecule has 1 N–H and O–H groups in total. The highest BCUT2D eigenvalue weighted by Gasteiger charge is 2.48. The number of aryl methyl sites for hydroxylation is 1. The third-order valence-electron chi connectivity index (χ3n) is 7.40. The Morgan fingerprint density at radius 1 is 1.09 bits per heavy atom. The first-order valence-corrected chi connectivity index (χ1v) is 14.5. The van der Waals surface area contributed by atoms with Gasteiger partial charge in [0.1, 0.15) is 34.8 Å². The maximum Gasteiger partial charge on any atom is 0.350 e. The highest BCUT2D eigenvalue weighted by atomic mass is 32.1. The zero-order valence-electron chi connectivity index (χ0n) is 23.7. The molecular formula is C33H28N2O7S. The van der Waals surface area contributed by atoms with Crippen molar-refractivity contribution in [1.29, 1.82) is 0 Å². The number of aliphatic hydroxyl groups is 1. The lowest BCUT2D eigenvalue weighted by Crippen LogP contribution is -2.29. The Kier molecular flexibility index (Phi) is 7.45. The van der Waals surface area contributed by atoms with E-state index in [9.17, 15) is 19.5 Å². The molecule has 43 heavy (non-hydrogen) atoms. The van der Waals surface area contributed by atoms with Crippen LogP contribution in [0, 0.1) is 6.92 Å². The zero-order valence-corrected chi connectivity index (χ0v) is 24.5. The van der Waals surface area contributed by atoms with E-state index in [1.165, 1.54) is 12.0 Å². The zero-order chi connectivity index (χ0) is 30.2. The number of amides is 1. The van der Waals surface area contributed by atoms with Crippen molar-refractivity contribution < 1.29 is 33.7 Å². The maximum atomic E-state index is 13.7. The van der Waals surface area contributed by atoms with Crippen molar-refractivity contribution in [3.8, 4) is 11.5 Å².